The normalized spacial score (nSPS) is 10.9. The van der Waals surface area contributed by atoms with Gasteiger partial charge in [0.25, 0.3) is 0 Å². The Morgan fingerprint density at radius 3 is 2.89 bits per heavy atom. The SMILES string of the molecule is CCOC(=O)/C=C/CNc1cccc(C(C)C)c1. The lowest BCUT2D eigenvalue weighted by atomic mass is 10.0. The van der Waals surface area contributed by atoms with Gasteiger partial charge in [-0.2, -0.15) is 0 Å². The summed E-state index contributed by atoms with van der Waals surface area (Å²) in [5, 5.41) is 3.24. The molecule has 0 aliphatic carbocycles. The van der Waals surface area contributed by atoms with Gasteiger partial charge in [-0.25, -0.2) is 4.79 Å². The Morgan fingerprint density at radius 1 is 1.44 bits per heavy atom. The second-order valence-electron chi connectivity index (χ2n) is 4.32. The molecule has 0 spiro atoms. The van der Waals surface area contributed by atoms with Crippen LogP contribution in [0.4, 0.5) is 5.69 Å². The first kappa shape index (κ1) is 14.3. The molecule has 0 amide bonds. The van der Waals surface area contributed by atoms with Gasteiger partial charge in [0.15, 0.2) is 0 Å². The third-order valence-electron chi connectivity index (χ3n) is 2.52. The summed E-state index contributed by atoms with van der Waals surface area (Å²) < 4.78 is 4.79. The number of esters is 1. The molecule has 0 aliphatic rings. The molecule has 0 bridgehead atoms. The number of nitrogens with one attached hydrogen (secondary N) is 1. The minimum Gasteiger partial charge on any atom is -0.463 e. The summed E-state index contributed by atoms with van der Waals surface area (Å²) in [7, 11) is 0. The van der Waals surface area contributed by atoms with Crippen LogP contribution in [0.1, 0.15) is 32.3 Å². The number of rotatable bonds is 6. The van der Waals surface area contributed by atoms with Crippen molar-refractivity contribution in [3.63, 3.8) is 0 Å². The number of hydrogen-bond donors (Lipinski definition) is 1. The van der Waals surface area contributed by atoms with Gasteiger partial charge in [-0.05, 0) is 30.5 Å². The summed E-state index contributed by atoms with van der Waals surface area (Å²) in [6.45, 7) is 7.15. The molecule has 98 valence electrons. The standard InChI is InChI=1S/C15H21NO2/c1-4-18-15(17)9-6-10-16-14-8-5-7-13(11-14)12(2)3/h5-9,11-12,16H,4,10H2,1-3H3/b9-6+. The summed E-state index contributed by atoms with van der Waals surface area (Å²) in [6, 6.07) is 8.30. The first-order valence-corrected chi connectivity index (χ1v) is 6.30. The van der Waals surface area contributed by atoms with Gasteiger partial charge in [0, 0.05) is 18.3 Å². The van der Waals surface area contributed by atoms with Gasteiger partial charge in [0.2, 0.25) is 0 Å². The third-order valence-corrected chi connectivity index (χ3v) is 2.52. The zero-order valence-electron chi connectivity index (χ0n) is 11.3. The van der Waals surface area contributed by atoms with Gasteiger partial charge in [0.05, 0.1) is 6.61 Å². The van der Waals surface area contributed by atoms with Gasteiger partial charge >= 0.3 is 5.97 Å². The molecule has 3 heteroatoms. The Morgan fingerprint density at radius 2 is 2.22 bits per heavy atom. The number of benzene rings is 1. The predicted molar refractivity (Wildman–Crippen MR) is 74.8 cm³/mol. The molecule has 1 rings (SSSR count). The van der Waals surface area contributed by atoms with E-state index in [4.69, 9.17) is 4.74 Å². The van der Waals surface area contributed by atoms with Crippen LogP contribution in [0.3, 0.4) is 0 Å². The lowest BCUT2D eigenvalue weighted by Crippen LogP contribution is -2.02. The van der Waals surface area contributed by atoms with Crippen LogP contribution in [0, 0.1) is 0 Å². The van der Waals surface area contributed by atoms with Gasteiger partial charge in [-0.1, -0.05) is 32.1 Å². The lowest BCUT2D eigenvalue weighted by Gasteiger charge is -2.08. The van der Waals surface area contributed by atoms with Crippen LogP contribution in [-0.2, 0) is 9.53 Å². The summed E-state index contributed by atoms with van der Waals surface area (Å²) in [6.07, 6.45) is 3.21. The molecule has 18 heavy (non-hydrogen) atoms. The van der Waals surface area contributed by atoms with Crippen molar-refractivity contribution in [2.24, 2.45) is 0 Å². The molecular formula is C15H21NO2. The molecule has 1 aromatic rings. The van der Waals surface area contributed by atoms with Crippen LogP contribution >= 0.6 is 0 Å². The van der Waals surface area contributed by atoms with Gasteiger partial charge < -0.3 is 10.1 Å². The average molecular weight is 247 g/mol. The van der Waals surface area contributed by atoms with Crippen molar-refractivity contribution in [3.8, 4) is 0 Å². The van der Waals surface area contributed by atoms with Crippen molar-refractivity contribution < 1.29 is 9.53 Å². The van der Waals surface area contributed by atoms with Crippen LogP contribution in [0.2, 0.25) is 0 Å². The molecule has 0 saturated carbocycles. The van der Waals surface area contributed by atoms with E-state index in [2.05, 4.69) is 31.3 Å². The molecular weight excluding hydrogens is 226 g/mol. The molecule has 0 aromatic heterocycles. The smallest absolute Gasteiger partial charge is 0.330 e. The number of carbonyl (C=O) groups is 1. The highest BCUT2D eigenvalue weighted by atomic mass is 16.5. The van der Waals surface area contributed by atoms with Crippen LogP contribution in [0.25, 0.3) is 0 Å². The number of ether oxygens (including phenoxy) is 1. The highest BCUT2D eigenvalue weighted by Crippen LogP contribution is 2.18. The maximum atomic E-state index is 11.1. The molecule has 3 nitrogen and oxygen atoms in total. The Bertz CT molecular complexity index is 411. The minimum atomic E-state index is -0.296. The Kier molecular flexibility index (Phi) is 5.98. The van der Waals surface area contributed by atoms with Crippen LogP contribution in [-0.4, -0.2) is 19.1 Å². The summed E-state index contributed by atoms with van der Waals surface area (Å²) >= 11 is 0. The number of anilines is 1. The first-order valence-electron chi connectivity index (χ1n) is 6.30. The summed E-state index contributed by atoms with van der Waals surface area (Å²) in [5.74, 6) is 0.219. The van der Waals surface area contributed by atoms with Crippen molar-refractivity contribution in [2.75, 3.05) is 18.5 Å². The predicted octanol–water partition coefficient (Wildman–Crippen LogP) is 3.34. The molecule has 1 N–H and O–H groups in total. The summed E-state index contributed by atoms with van der Waals surface area (Å²) in [4.78, 5) is 11.1. The maximum Gasteiger partial charge on any atom is 0.330 e. The fraction of sp³-hybridized carbons (Fsp3) is 0.400. The molecule has 0 saturated heterocycles. The van der Waals surface area contributed by atoms with Crippen LogP contribution in [0.15, 0.2) is 36.4 Å². The second kappa shape index (κ2) is 7.54. The molecule has 0 fully saturated rings. The average Bonchev–Trinajstić information content (AvgIpc) is 2.35. The van der Waals surface area contributed by atoms with E-state index in [1.165, 1.54) is 11.6 Å². The molecule has 1 aromatic carbocycles. The molecule has 0 unspecified atom stereocenters. The molecule has 0 aliphatic heterocycles. The molecule has 0 atom stereocenters. The van der Waals surface area contributed by atoms with Crippen LogP contribution in [0.5, 0.6) is 0 Å². The van der Waals surface area contributed by atoms with E-state index < -0.39 is 0 Å². The quantitative estimate of drug-likeness (QED) is 0.619. The highest BCUT2D eigenvalue weighted by Gasteiger charge is 1.99. The van der Waals surface area contributed by atoms with E-state index in [9.17, 15) is 4.79 Å². The Balaban J connectivity index is 2.44. The van der Waals surface area contributed by atoms with E-state index in [1.54, 1.807) is 13.0 Å². The zero-order valence-corrected chi connectivity index (χ0v) is 11.3. The van der Waals surface area contributed by atoms with Gasteiger partial charge in [0.1, 0.15) is 0 Å². The monoisotopic (exact) mass is 247 g/mol. The summed E-state index contributed by atoms with van der Waals surface area (Å²) in [5.41, 5.74) is 2.36. The van der Waals surface area contributed by atoms with E-state index in [0.29, 0.717) is 19.1 Å². The molecule has 0 radical (unpaired) electrons. The van der Waals surface area contributed by atoms with Crippen molar-refractivity contribution in [2.45, 2.75) is 26.7 Å². The Hall–Kier alpha value is -1.77. The van der Waals surface area contributed by atoms with E-state index in [-0.39, 0.29) is 5.97 Å². The highest BCUT2D eigenvalue weighted by molar-refractivity contribution is 5.81. The third kappa shape index (κ3) is 5.04. The van der Waals surface area contributed by atoms with Crippen LogP contribution < -0.4 is 5.32 Å². The number of hydrogen-bond acceptors (Lipinski definition) is 3. The maximum absolute atomic E-state index is 11.1. The van der Waals surface area contributed by atoms with E-state index in [1.807, 2.05) is 12.1 Å². The second-order valence-corrected chi connectivity index (χ2v) is 4.32. The van der Waals surface area contributed by atoms with E-state index >= 15 is 0 Å². The fourth-order valence-corrected chi connectivity index (χ4v) is 1.53. The first-order chi connectivity index (χ1) is 8.63. The van der Waals surface area contributed by atoms with Crippen molar-refractivity contribution in [1.29, 1.82) is 0 Å². The van der Waals surface area contributed by atoms with Gasteiger partial charge in [-0.3, -0.25) is 0 Å². The molecule has 0 heterocycles. The number of carbonyl (C=O) groups excluding carboxylic acids is 1. The van der Waals surface area contributed by atoms with E-state index in [0.717, 1.165) is 5.69 Å². The van der Waals surface area contributed by atoms with Crippen molar-refractivity contribution >= 4 is 11.7 Å². The minimum absolute atomic E-state index is 0.296. The topological polar surface area (TPSA) is 38.3 Å². The van der Waals surface area contributed by atoms with Gasteiger partial charge in [-0.15, -0.1) is 0 Å². The lowest BCUT2D eigenvalue weighted by molar-refractivity contribution is -0.137. The van der Waals surface area contributed by atoms with Crippen molar-refractivity contribution in [3.05, 3.63) is 42.0 Å². The van der Waals surface area contributed by atoms with Crippen molar-refractivity contribution in [1.82, 2.24) is 0 Å². The zero-order chi connectivity index (χ0) is 13.4. The fourth-order valence-electron chi connectivity index (χ4n) is 1.53. The largest absolute Gasteiger partial charge is 0.463 e. The Labute approximate surface area is 109 Å².